The number of amides is 2. The van der Waals surface area contributed by atoms with Crippen molar-refractivity contribution in [1.29, 1.82) is 0 Å². The summed E-state index contributed by atoms with van der Waals surface area (Å²) in [5.74, 6) is 1.24. The second-order valence-electron chi connectivity index (χ2n) is 7.48. The second kappa shape index (κ2) is 10.3. The fourth-order valence-corrected chi connectivity index (χ4v) is 4.32. The van der Waals surface area contributed by atoms with Gasteiger partial charge >= 0.3 is 0 Å². The summed E-state index contributed by atoms with van der Waals surface area (Å²) in [5, 5.41) is 5.42. The highest BCUT2D eigenvalue weighted by Gasteiger charge is 2.24. The lowest BCUT2D eigenvalue weighted by Crippen LogP contribution is -2.25. The molecule has 0 aliphatic carbocycles. The molecule has 0 saturated carbocycles. The molecule has 166 valence electrons. The van der Waals surface area contributed by atoms with Crippen LogP contribution < -0.4 is 19.7 Å². The Hall–Kier alpha value is -3.39. The third kappa shape index (κ3) is 5.45. The van der Waals surface area contributed by atoms with Crippen LogP contribution >= 0.6 is 11.3 Å². The lowest BCUT2D eigenvalue weighted by atomic mass is 10.2. The van der Waals surface area contributed by atoms with Gasteiger partial charge in [-0.2, -0.15) is 0 Å². The molecule has 2 heterocycles. The van der Waals surface area contributed by atoms with Gasteiger partial charge in [-0.15, -0.1) is 11.3 Å². The van der Waals surface area contributed by atoms with Gasteiger partial charge in [0.05, 0.1) is 19.2 Å². The molecule has 32 heavy (non-hydrogen) atoms. The van der Waals surface area contributed by atoms with Crippen molar-refractivity contribution in [2.75, 3.05) is 18.6 Å². The van der Waals surface area contributed by atoms with Crippen molar-refractivity contribution < 1.29 is 19.1 Å². The van der Waals surface area contributed by atoms with Gasteiger partial charge in [0.25, 0.3) is 0 Å². The zero-order valence-corrected chi connectivity index (χ0v) is 18.7. The number of hydrogen-bond acceptors (Lipinski definition) is 6. The van der Waals surface area contributed by atoms with Crippen LogP contribution in [0.15, 0.2) is 53.9 Å². The molecule has 2 aromatic carbocycles. The van der Waals surface area contributed by atoms with Crippen LogP contribution in [0.3, 0.4) is 0 Å². The molecule has 7 nitrogen and oxygen atoms in total. The van der Waals surface area contributed by atoms with Crippen LogP contribution in [-0.4, -0.2) is 30.5 Å². The molecule has 1 aliphatic heterocycles. The molecule has 2 amide bonds. The highest BCUT2D eigenvalue weighted by molar-refractivity contribution is 7.14. The Morgan fingerprint density at radius 3 is 2.75 bits per heavy atom. The first-order valence-corrected chi connectivity index (χ1v) is 11.4. The van der Waals surface area contributed by atoms with Gasteiger partial charge in [-0.05, 0) is 29.7 Å². The molecule has 1 saturated heterocycles. The summed E-state index contributed by atoms with van der Waals surface area (Å²) in [6, 6.07) is 15.5. The minimum Gasteiger partial charge on any atom is -0.493 e. The number of benzene rings is 2. The number of anilines is 1. The van der Waals surface area contributed by atoms with E-state index >= 15 is 0 Å². The fourth-order valence-electron chi connectivity index (χ4n) is 3.46. The Balaban J connectivity index is 1.30. The SMILES string of the molecule is COc1cc(CNC(=O)Cc2csc(N3CCCC3=O)n2)ccc1OCc1ccccc1. The van der Waals surface area contributed by atoms with Gasteiger partial charge in [-0.25, -0.2) is 4.98 Å². The number of aromatic nitrogens is 1. The number of thiazole rings is 1. The first-order chi connectivity index (χ1) is 15.6. The smallest absolute Gasteiger partial charge is 0.228 e. The predicted octanol–water partition coefficient (Wildman–Crippen LogP) is 3.72. The van der Waals surface area contributed by atoms with Crippen molar-refractivity contribution in [3.8, 4) is 11.5 Å². The summed E-state index contributed by atoms with van der Waals surface area (Å²) in [4.78, 5) is 30.4. The van der Waals surface area contributed by atoms with Gasteiger partial charge in [0.15, 0.2) is 16.6 Å². The molecule has 8 heteroatoms. The van der Waals surface area contributed by atoms with E-state index < -0.39 is 0 Å². The molecule has 1 fully saturated rings. The highest BCUT2D eigenvalue weighted by atomic mass is 32.1. The first kappa shape index (κ1) is 21.8. The van der Waals surface area contributed by atoms with Crippen molar-refractivity contribution in [3.63, 3.8) is 0 Å². The zero-order valence-electron chi connectivity index (χ0n) is 17.9. The number of carbonyl (C=O) groups excluding carboxylic acids is 2. The van der Waals surface area contributed by atoms with Crippen molar-refractivity contribution in [2.24, 2.45) is 0 Å². The maximum atomic E-state index is 12.4. The molecule has 4 rings (SSSR count). The molecule has 0 bridgehead atoms. The number of methoxy groups -OCH3 is 1. The summed E-state index contributed by atoms with van der Waals surface area (Å²) in [5.41, 5.74) is 2.65. The van der Waals surface area contributed by atoms with Crippen molar-refractivity contribution in [1.82, 2.24) is 10.3 Å². The standard InChI is InChI=1S/C24H25N3O4S/c1-30-21-12-18(9-10-20(21)31-15-17-6-3-2-4-7-17)14-25-22(28)13-19-16-32-24(26-19)27-11-5-8-23(27)29/h2-4,6-7,9-10,12,16H,5,8,11,13-15H2,1H3,(H,25,28). The lowest BCUT2D eigenvalue weighted by molar-refractivity contribution is -0.120. The van der Waals surface area contributed by atoms with E-state index in [4.69, 9.17) is 9.47 Å². The monoisotopic (exact) mass is 451 g/mol. The molecule has 0 atom stereocenters. The van der Waals surface area contributed by atoms with Crippen LogP contribution in [0, 0.1) is 0 Å². The number of nitrogens with one attached hydrogen (secondary N) is 1. The van der Waals surface area contributed by atoms with E-state index in [1.165, 1.54) is 11.3 Å². The molecule has 1 N–H and O–H groups in total. The Morgan fingerprint density at radius 2 is 2.00 bits per heavy atom. The van der Waals surface area contributed by atoms with Gasteiger partial charge in [0.1, 0.15) is 6.61 Å². The largest absolute Gasteiger partial charge is 0.493 e. The molecular formula is C24H25N3O4S. The highest BCUT2D eigenvalue weighted by Crippen LogP contribution is 2.29. The Kier molecular flexibility index (Phi) is 7.01. The average molecular weight is 452 g/mol. The Morgan fingerprint density at radius 1 is 1.16 bits per heavy atom. The molecule has 0 spiro atoms. The van der Waals surface area contributed by atoms with Gasteiger partial charge in [-0.3, -0.25) is 14.5 Å². The van der Waals surface area contributed by atoms with Gasteiger partial charge in [0.2, 0.25) is 11.8 Å². The maximum Gasteiger partial charge on any atom is 0.228 e. The quantitative estimate of drug-likeness (QED) is 0.536. The van der Waals surface area contributed by atoms with Crippen LogP contribution in [0.1, 0.15) is 29.7 Å². The van der Waals surface area contributed by atoms with Crippen LogP contribution in [-0.2, 0) is 29.2 Å². The Labute approximate surface area is 191 Å². The van der Waals surface area contributed by atoms with Crippen LogP contribution in [0.5, 0.6) is 11.5 Å². The van der Waals surface area contributed by atoms with E-state index in [1.54, 1.807) is 12.0 Å². The number of rotatable bonds is 9. The summed E-state index contributed by atoms with van der Waals surface area (Å²) in [6.45, 7) is 1.52. The average Bonchev–Trinajstić information content (AvgIpc) is 3.45. The van der Waals surface area contributed by atoms with E-state index in [9.17, 15) is 9.59 Å². The summed E-state index contributed by atoms with van der Waals surface area (Å²) >= 11 is 1.40. The van der Waals surface area contributed by atoms with E-state index in [0.29, 0.717) is 48.4 Å². The maximum absolute atomic E-state index is 12.4. The van der Waals surface area contributed by atoms with Crippen LogP contribution in [0.4, 0.5) is 5.13 Å². The number of ether oxygens (including phenoxy) is 2. The fraction of sp³-hybridized carbons (Fsp3) is 0.292. The van der Waals surface area contributed by atoms with Crippen molar-refractivity contribution >= 4 is 28.3 Å². The molecule has 3 aromatic rings. The van der Waals surface area contributed by atoms with Crippen LogP contribution in [0.2, 0.25) is 0 Å². The van der Waals surface area contributed by atoms with Gasteiger partial charge < -0.3 is 14.8 Å². The molecule has 0 radical (unpaired) electrons. The lowest BCUT2D eigenvalue weighted by Gasteiger charge is -2.13. The first-order valence-electron chi connectivity index (χ1n) is 10.5. The summed E-state index contributed by atoms with van der Waals surface area (Å²) < 4.78 is 11.3. The topological polar surface area (TPSA) is 80.8 Å². The van der Waals surface area contributed by atoms with E-state index in [1.807, 2.05) is 53.9 Å². The minimum absolute atomic E-state index is 0.0977. The molecular weight excluding hydrogens is 426 g/mol. The predicted molar refractivity (Wildman–Crippen MR) is 123 cm³/mol. The number of carbonyl (C=O) groups is 2. The number of nitrogens with zero attached hydrogens (tertiary/aromatic N) is 2. The Bertz CT molecular complexity index is 1080. The number of hydrogen-bond donors (Lipinski definition) is 1. The van der Waals surface area contributed by atoms with Crippen molar-refractivity contribution in [3.05, 3.63) is 70.7 Å². The third-order valence-corrected chi connectivity index (χ3v) is 6.05. The minimum atomic E-state index is -0.127. The van der Waals surface area contributed by atoms with Gasteiger partial charge in [-0.1, -0.05) is 36.4 Å². The van der Waals surface area contributed by atoms with E-state index in [0.717, 1.165) is 17.5 Å². The van der Waals surface area contributed by atoms with Crippen molar-refractivity contribution in [2.45, 2.75) is 32.4 Å². The second-order valence-corrected chi connectivity index (χ2v) is 8.32. The van der Waals surface area contributed by atoms with Gasteiger partial charge in [0, 0.05) is 24.9 Å². The van der Waals surface area contributed by atoms with Crippen LogP contribution in [0.25, 0.3) is 0 Å². The summed E-state index contributed by atoms with van der Waals surface area (Å²) in [6.07, 6.45) is 1.59. The third-order valence-electron chi connectivity index (χ3n) is 5.14. The zero-order chi connectivity index (χ0) is 22.3. The summed E-state index contributed by atoms with van der Waals surface area (Å²) in [7, 11) is 1.60. The molecule has 0 unspecified atom stereocenters. The normalized spacial score (nSPS) is 13.3. The molecule has 1 aromatic heterocycles. The van der Waals surface area contributed by atoms with E-state index in [-0.39, 0.29) is 18.2 Å². The van der Waals surface area contributed by atoms with E-state index in [2.05, 4.69) is 10.3 Å². The molecule has 1 aliphatic rings.